The van der Waals surface area contributed by atoms with Crippen molar-refractivity contribution in [2.24, 2.45) is 5.73 Å². The molecule has 0 aliphatic carbocycles. The van der Waals surface area contributed by atoms with Crippen molar-refractivity contribution in [3.63, 3.8) is 0 Å². The van der Waals surface area contributed by atoms with Crippen LogP contribution < -0.4 is 15.8 Å². The van der Waals surface area contributed by atoms with Crippen molar-refractivity contribution in [3.05, 3.63) is 51.9 Å². The number of carboxylic acid groups (broad SMARTS) is 2. The second kappa shape index (κ2) is 19.3. The molecule has 0 spiro atoms. The topological polar surface area (TPSA) is 131 Å². The van der Waals surface area contributed by atoms with Gasteiger partial charge in [0.1, 0.15) is 5.75 Å². The van der Waals surface area contributed by atoms with Gasteiger partial charge in [-0.3, -0.25) is 0 Å². The summed E-state index contributed by atoms with van der Waals surface area (Å²) < 4.78 is 11.2. The molecule has 5 N–H and O–H groups in total. The largest absolute Gasteiger partial charge is 0.496 e. The molecule has 0 radical (unpaired) electrons. The number of allylic oxidation sites excluding steroid dienone is 1. The van der Waals surface area contributed by atoms with Gasteiger partial charge in [0, 0.05) is 17.8 Å². The third-order valence-electron chi connectivity index (χ3n) is 7.83. The van der Waals surface area contributed by atoms with E-state index in [0.29, 0.717) is 35.7 Å². The molecule has 1 unspecified atom stereocenters. The molecular weight excluding hydrogens is 520 g/mol. The monoisotopic (exact) mass is 572 g/mol. The van der Waals surface area contributed by atoms with E-state index >= 15 is 0 Å². The molecule has 1 aliphatic rings. The molecule has 2 rings (SSSR count). The number of carbonyl (C=O) groups is 2. The maximum atomic E-state index is 12.6. The Kier molecular flexibility index (Phi) is 16.2. The summed E-state index contributed by atoms with van der Waals surface area (Å²) in [7, 11) is 1.53. The molecule has 1 aliphatic heterocycles. The number of dihydropyridines is 1. The highest BCUT2D eigenvalue weighted by Gasteiger charge is 2.40. The zero-order valence-corrected chi connectivity index (χ0v) is 25.4. The highest BCUT2D eigenvalue weighted by molar-refractivity contribution is 5.99. The van der Waals surface area contributed by atoms with E-state index in [1.54, 1.807) is 13.0 Å². The summed E-state index contributed by atoms with van der Waals surface area (Å²) in [6, 6.07) is 5.61. The molecule has 0 aromatic heterocycles. The predicted octanol–water partition coefficient (Wildman–Crippen LogP) is 6.69. The Morgan fingerprint density at radius 2 is 1.44 bits per heavy atom. The number of ether oxygens (including phenoxy) is 2. The molecule has 1 aromatic rings. The Morgan fingerprint density at radius 3 is 1.95 bits per heavy atom. The van der Waals surface area contributed by atoms with Crippen molar-refractivity contribution in [1.29, 1.82) is 0 Å². The number of benzene rings is 1. The van der Waals surface area contributed by atoms with Crippen LogP contribution in [0.2, 0.25) is 0 Å². The van der Waals surface area contributed by atoms with Gasteiger partial charge in [0.15, 0.2) is 0 Å². The summed E-state index contributed by atoms with van der Waals surface area (Å²) in [5.74, 6) is -2.89. The molecule has 0 saturated carbocycles. The van der Waals surface area contributed by atoms with Crippen LogP contribution in [0.3, 0.4) is 0 Å². The van der Waals surface area contributed by atoms with Gasteiger partial charge in [-0.1, -0.05) is 96.1 Å². The first kappa shape index (κ1) is 34.4. The summed E-state index contributed by atoms with van der Waals surface area (Å²) >= 11 is 0. The molecule has 1 aromatic carbocycles. The van der Waals surface area contributed by atoms with Gasteiger partial charge >= 0.3 is 11.9 Å². The van der Waals surface area contributed by atoms with Crippen LogP contribution in [0.25, 0.3) is 0 Å². The Hall–Kier alpha value is -2.84. The van der Waals surface area contributed by atoms with Gasteiger partial charge in [-0.05, 0) is 31.4 Å². The van der Waals surface area contributed by atoms with Crippen molar-refractivity contribution in [1.82, 2.24) is 5.32 Å². The quantitative estimate of drug-likeness (QED) is 0.113. The first-order valence-corrected chi connectivity index (χ1v) is 15.5. The summed E-state index contributed by atoms with van der Waals surface area (Å²) in [6.07, 6.45) is 17.1. The van der Waals surface area contributed by atoms with Crippen molar-refractivity contribution < 1.29 is 29.3 Å². The minimum Gasteiger partial charge on any atom is -0.496 e. The molecule has 0 saturated heterocycles. The Bertz CT molecular complexity index is 1030. The van der Waals surface area contributed by atoms with E-state index in [-0.39, 0.29) is 24.4 Å². The summed E-state index contributed by atoms with van der Waals surface area (Å²) in [4.78, 5) is 25.1. The predicted molar refractivity (Wildman–Crippen MR) is 163 cm³/mol. The van der Waals surface area contributed by atoms with Crippen molar-refractivity contribution in [2.45, 2.75) is 110 Å². The fraction of sp³-hybridized carbons (Fsp3) is 0.636. The smallest absolute Gasteiger partial charge is 0.334 e. The number of methoxy groups -OCH3 is 1. The van der Waals surface area contributed by atoms with E-state index < -0.39 is 17.9 Å². The van der Waals surface area contributed by atoms with Crippen LogP contribution >= 0.6 is 0 Å². The fourth-order valence-corrected chi connectivity index (χ4v) is 5.74. The Labute approximate surface area is 246 Å². The van der Waals surface area contributed by atoms with Gasteiger partial charge in [0.05, 0.1) is 43.1 Å². The Morgan fingerprint density at radius 1 is 0.878 bits per heavy atom. The van der Waals surface area contributed by atoms with Gasteiger partial charge in [-0.15, -0.1) is 0 Å². The van der Waals surface area contributed by atoms with Crippen LogP contribution in [0.4, 0.5) is 0 Å². The molecule has 1 atom stereocenters. The average molecular weight is 573 g/mol. The third-order valence-corrected chi connectivity index (χ3v) is 7.83. The van der Waals surface area contributed by atoms with Gasteiger partial charge < -0.3 is 30.7 Å². The van der Waals surface area contributed by atoms with E-state index in [0.717, 1.165) is 24.8 Å². The Balaban J connectivity index is 2.12. The number of hydrogen-bond donors (Lipinski definition) is 4. The van der Waals surface area contributed by atoms with Crippen LogP contribution in [0.15, 0.2) is 40.7 Å². The van der Waals surface area contributed by atoms with Crippen molar-refractivity contribution in [3.8, 4) is 5.75 Å². The van der Waals surface area contributed by atoms with Crippen molar-refractivity contribution >= 4 is 11.9 Å². The minimum atomic E-state index is -1.20. The molecule has 8 heteroatoms. The summed E-state index contributed by atoms with van der Waals surface area (Å²) in [5, 5.41) is 23.5. The van der Waals surface area contributed by atoms with Crippen LogP contribution in [-0.2, 0) is 20.7 Å². The zero-order valence-electron chi connectivity index (χ0n) is 25.4. The maximum absolute atomic E-state index is 12.6. The zero-order chi connectivity index (χ0) is 30.0. The lowest BCUT2D eigenvalue weighted by Crippen LogP contribution is -2.34. The molecule has 1 heterocycles. The SMILES string of the molecule is CCCCCCCCCCCCCCCc1cccc(OC)c1C1C(C(=O)O)=C(C)NC(COCCN)=C1C(=O)O. The second-order valence-electron chi connectivity index (χ2n) is 11.0. The molecule has 230 valence electrons. The average Bonchev–Trinajstić information content (AvgIpc) is 2.94. The summed E-state index contributed by atoms with van der Waals surface area (Å²) in [6.45, 7) is 4.45. The van der Waals surface area contributed by atoms with Crippen LogP contribution in [0.1, 0.15) is 114 Å². The molecule has 0 bridgehead atoms. The van der Waals surface area contributed by atoms with Gasteiger partial charge in [0.2, 0.25) is 0 Å². The second-order valence-corrected chi connectivity index (χ2v) is 11.0. The van der Waals surface area contributed by atoms with Gasteiger partial charge in [-0.25, -0.2) is 9.59 Å². The van der Waals surface area contributed by atoms with Crippen LogP contribution in [0, 0.1) is 0 Å². The van der Waals surface area contributed by atoms with E-state index in [1.165, 1.54) is 71.3 Å². The minimum absolute atomic E-state index is 0.00101. The third kappa shape index (κ3) is 10.8. The molecule has 8 nitrogen and oxygen atoms in total. The van der Waals surface area contributed by atoms with E-state index in [1.807, 2.05) is 12.1 Å². The van der Waals surface area contributed by atoms with Crippen LogP contribution in [-0.4, -0.2) is 49.0 Å². The lowest BCUT2D eigenvalue weighted by molar-refractivity contribution is -0.133. The van der Waals surface area contributed by atoms with E-state index in [9.17, 15) is 19.8 Å². The first-order valence-electron chi connectivity index (χ1n) is 15.5. The normalized spacial score (nSPS) is 15.3. The highest BCUT2D eigenvalue weighted by Crippen LogP contribution is 2.44. The molecule has 0 fully saturated rings. The lowest BCUT2D eigenvalue weighted by Gasteiger charge is -2.32. The number of aliphatic carboxylic acids is 2. The number of hydrogen-bond acceptors (Lipinski definition) is 6. The molecular formula is C33H52N2O6. The maximum Gasteiger partial charge on any atom is 0.334 e. The first-order chi connectivity index (χ1) is 19.9. The van der Waals surface area contributed by atoms with E-state index in [2.05, 4.69) is 12.2 Å². The number of nitrogens with two attached hydrogens (primary N) is 1. The molecule has 41 heavy (non-hydrogen) atoms. The van der Waals surface area contributed by atoms with Gasteiger partial charge in [0.25, 0.3) is 0 Å². The number of rotatable bonds is 22. The fourth-order valence-electron chi connectivity index (χ4n) is 5.74. The summed E-state index contributed by atoms with van der Waals surface area (Å²) in [5.41, 5.74) is 7.73. The van der Waals surface area contributed by atoms with Gasteiger partial charge in [-0.2, -0.15) is 0 Å². The van der Waals surface area contributed by atoms with Crippen molar-refractivity contribution in [2.75, 3.05) is 26.9 Å². The number of carboxylic acids is 2. The number of unbranched alkanes of at least 4 members (excludes halogenated alkanes) is 12. The number of nitrogens with one attached hydrogen (secondary N) is 1. The standard InChI is InChI=1S/C33H52N2O6/c1-4-5-6-7-8-9-10-11-12-13-14-15-16-18-25-19-17-20-27(40-3)29(25)31-28(32(36)37)24(2)35-26(23-41-22-21-34)30(31)33(38)39/h17,19-20,31,35H,4-16,18,21-23,34H2,1-3H3,(H,36,37)(H,38,39). The van der Waals surface area contributed by atoms with E-state index in [4.69, 9.17) is 15.2 Å². The van der Waals surface area contributed by atoms with Crippen LogP contribution in [0.5, 0.6) is 5.75 Å². The lowest BCUT2D eigenvalue weighted by atomic mass is 9.77. The number of aryl methyl sites for hydroxylation is 1. The highest BCUT2D eigenvalue weighted by atomic mass is 16.5. The molecule has 0 amide bonds.